The SMILES string of the molecule is C[C@@H](OC(=O)c1ccc2ccccc2n1)C(=O)c1ccc2c(c1)CCC2. The van der Waals surface area contributed by atoms with E-state index in [9.17, 15) is 9.59 Å². The monoisotopic (exact) mass is 345 g/mol. The van der Waals surface area contributed by atoms with Crippen LogP contribution in [0.4, 0.5) is 0 Å². The van der Waals surface area contributed by atoms with Crippen LogP contribution in [-0.2, 0) is 17.6 Å². The molecule has 0 amide bonds. The number of carbonyl (C=O) groups excluding carboxylic acids is 2. The molecule has 0 saturated carbocycles. The standard InChI is InChI=1S/C22H19NO3/c1-14(21(24)18-10-9-15-6-4-7-17(15)13-18)26-22(25)20-12-11-16-5-2-3-8-19(16)23-20/h2-3,5,8-14H,4,6-7H2,1H3/t14-/m1/s1. The maximum absolute atomic E-state index is 12.6. The van der Waals surface area contributed by atoms with Crippen molar-refractivity contribution in [3.05, 3.63) is 77.0 Å². The summed E-state index contributed by atoms with van der Waals surface area (Å²) in [7, 11) is 0. The number of fused-ring (bicyclic) bond motifs is 2. The molecule has 0 saturated heterocycles. The number of Topliss-reactive ketones (excluding diaryl/α,β-unsaturated/α-hetero) is 1. The number of hydrogen-bond acceptors (Lipinski definition) is 4. The molecule has 0 fully saturated rings. The first kappa shape index (κ1) is 16.5. The van der Waals surface area contributed by atoms with E-state index in [0.717, 1.165) is 30.2 Å². The van der Waals surface area contributed by atoms with Crippen LogP contribution in [0.2, 0.25) is 0 Å². The van der Waals surface area contributed by atoms with E-state index in [4.69, 9.17) is 4.74 Å². The lowest BCUT2D eigenvalue weighted by atomic mass is 10.0. The highest BCUT2D eigenvalue weighted by atomic mass is 16.5. The molecule has 4 heteroatoms. The molecule has 1 aliphatic carbocycles. The lowest BCUT2D eigenvalue weighted by molar-refractivity contribution is 0.0313. The third-order valence-corrected chi connectivity index (χ3v) is 4.84. The van der Waals surface area contributed by atoms with Crippen LogP contribution in [-0.4, -0.2) is 22.8 Å². The number of para-hydroxylation sites is 1. The topological polar surface area (TPSA) is 56.3 Å². The third kappa shape index (κ3) is 3.10. The number of hydrogen-bond donors (Lipinski definition) is 0. The van der Waals surface area contributed by atoms with Crippen molar-refractivity contribution >= 4 is 22.7 Å². The van der Waals surface area contributed by atoms with E-state index < -0.39 is 12.1 Å². The quantitative estimate of drug-likeness (QED) is 0.526. The zero-order valence-corrected chi connectivity index (χ0v) is 14.6. The van der Waals surface area contributed by atoms with Gasteiger partial charge in [-0.15, -0.1) is 0 Å². The second kappa shape index (κ2) is 6.71. The highest BCUT2D eigenvalue weighted by molar-refractivity contribution is 6.01. The van der Waals surface area contributed by atoms with Gasteiger partial charge in [-0.05, 0) is 55.5 Å². The van der Waals surface area contributed by atoms with Crippen molar-refractivity contribution in [2.75, 3.05) is 0 Å². The average molecular weight is 345 g/mol. The number of ether oxygens (including phenoxy) is 1. The number of rotatable bonds is 4. The lowest BCUT2D eigenvalue weighted by Crippen LogP contribution is -2.25. The van der Waals surface area contributed by atoms with Crippen molar-refractivity contribution in [3.8, 4) is 0 Å². The van der Waals surface area contributed by atoms with Gasteiger partial charge in [0.1, 0.15) is 5.69 Å². The molecule has 4 rings (SSSR count). The number of carbonyl (C=O) groups is 2. The van der Waals surface area contributed by atoms with E-state index >= 15 is 0 Å². The Labute approximate surface area is 151 Å². The summed E-state index contributed by atoms with van der Waals surface area (Å²) in [6.07, 6.45) is 2.36. The zero-order valence-electron chi connectivity index (χ0n) is 14.6. The Hall–Kier alpha value is -3.01. The number of aryl methyl sites for hydroxylation is 2. The fourth-order valence-corrected chi connectivity index (χ4v) is 3.41. The summed E-state index contributed by atoms with van der Waals surface area (Å²) in [6.45, 7) is 1.61. The van der Waals surface area contributed by atoms with Crippen LogP contribution in [0.15, 0.2) is 54.6 Å². The highest BCUT2D eigenvalue weighted by Gasteiger charge is 2.22. The number of aromatic nitrogens is 1. The van der Waals surface area contributed by atoms with Gasteiger partial charge in [-0.2, -0.15) is 0 Å². The summed E-state index contributed by atoms with van der Waals surface area (Å²) in [5.41, 5.74) is 4.06. The van der Waals surface area contributed by atoms with Crippen LogP contribution in [0.5, 0.6) is 0 Å². The van der Waals surface area contributed by atoms with E-state index in [1.54, 1.807) is 13.0 Å². The molecule has 0 bridgehead atoms. The average Bonchev–Trinajstić information content (AvgIpc) is 3.14. The molecule has 3 aromatic rings. The Kier molecular flexibility index (Phi) is 4.25. The molecule has 0 aliphatic heterocycles. The van der Waals surface area contributed by atoms with Gasteiger partial charge in [0, 0.05) is 10.9 Å². The first-order valence-electron chi connectivity index (χ1n) is 8.84. The van der Waals surface area contributed by atoms with Crippen LogP contribution in [0.25, 0.3) is 10.9 Å². The fraction of sp³-hybridized carbons (Fsp3) is 0.227. The minimum absolute atomic E-state index is 0.186. The predicted octanol–water partition coefficient (Wildman–Crippen LogP) is 4.15. The molecule has 26 heavy (non-hydrogen) atoms. The zero-order chi connectivity index (χ0) is 18.1. The largest absolute Gasteiger partial charge is 0.450 e. The summed E-state index contributed by atoms with van der Waals surface area (Å²) in [4.78, 5) is 29.3. The van der Waals surface area contributed by atoms with Crippen LogP contribution >= 0.6 is 0 Å². The molecule has 0 spiro atoms. The van der Waals surface area contributed by atoms with Gasteiger partial charge < -0.3 is 4.74 Å². The first-order chi connectivity index (χ1) is 12.6. The van der Waals surface area contributed by atoms with Crippen LogP contribution in [0.1, 0.15) is 45.3 Å². The van der Waals surface area contributed by atoms with Crippen molar-refractivity contribution < 1.29 is 14.3 Å². The molecular weight excluding hydrogens is 326 g/mol. The second-order valence-corrected chi connectivity index (χ2v) is 6.64. The summed E-state index contributed by atoms with van der Waals surface area (Å²) < 4.78 is 5.37. The van der Waals surface area contributed by atoms with Crippen LogP contribution in [0.3, 0.4) is 0 Å². The van der Waals surface area contributed by atoms with Crippen molar-refractivity contribution in [3.63, 3.8) is 0 Å². The van der Waals surface area contributed by atoms with Gasteiger partial charge in [-0.1, -0.05) is 36.4 Å². The van der Waals surface area contributed by atoms with Crippen molar-refractivity contribution in [2.45, 2.75) is 32.3 Å². The number of pyridine rings is 1. The minimum atomic E-state index is -0.852. The Bertz CT molecular complexity index is 1010. The van der Waals surface area contributed by atoms with E-state index in [0.29, 0.717) is 5.56 Å². The van der Waals surface area contributed by atoms with Crippen LogP contribution < -0.4 is 0 Å². The second-order valence-electron chi connectivity index (χ2n) is 6.64. The predicted molar refractivity (Wildman–Crippen MR) is 99.4 cm³/mol. The summed E-state index contributed by atoms with van der Waals surface area (Å²) in [5.74, 6) is -0.772. The summed E-state index contributed by atoms with van der Waals surface area (Å²) >= 11 is 0. The fourth-order valence-electron chi connectivity index (χ4n) is 3.41. The molecule has 0 N–H and O–H groups in total. The molecule has 0 radical (unpaired) electrons. The molecular formula is C22H19NO3. The Morgan fingerprint density at radius 2 is 1.81 bits per heavy atom. The van der Waals surface area contributed by atoms with Crippen molar-refractivity contribution in [1.29, 1.82) is 0 Å². The molecule has 1 aromatic heterocycles. The van der Waals surface area contributed by atoms with Crippen LogP contribution in [0, 0.1) is 0 Å². The molecule has 1 heterocycles. The maximum Gasteiger partial charge on any atom is 0.357 e. The van der Waals surface area contributed by atoms with Gasteiger partial charge in [0.15, 0.2) is 6.10 Å². The molecule has 0 unspecified atom stereocenters. The van der Waals surface area contributed by atoms with Gasteiger partial charge in [-0.3, -0.25) is 4.79 Å². The van der Waals surface area contributed by atoms with Gasteiger partial charge in [-0.25, -0.2) is 9.78 Å². The van der Waals surface area contributed by atoms with E-state index in [1.165, 1.54) is 11.1 Å². The summed E-state index contributed by atoms with van der Waals surface area (Å²) in [6, 6.07) is 16.8. The number of esters is 1. The van der Waals surface area contributed by atoms with E-state index in [2.05, 4.69) is 4.98 Å². The minimum Gasteiger partial charge on any atom is -0.450 e. The Morgan fingerprint density at radius 3 is 2.69 bits per heavy atom. The smallest absolute Gasteiger partial charge is 0.357 e. The van der Waals surface area contributed by atoms with Gasteiger partial charge in [0.2, 0.25) is 5.78 Å². The molecule has 4 nitrogen and oxygen atoms in total. The Balaban J connectivity index is 1.50. The number of benzene rings is 2. The van der Waals surface area contributed by atoms with E-state index in [-0.39, 0.29) is 11.5 Å². The normalized spacial score (nSPS) is 14.0. The van der Waals surface area contributed by atoms with Gasteiger partial charge >= 0.3 is 5.97 Å². The first-order valence-corrected chi connectivity index (χ1v) is 8.84. The molecule has 1 atom stereocenters. The summed E-state index contributed by atoms with van der Waals surface area (Å²) in [5, 5.41) is 0.950. The van der Waals surface area contributed by atoms with Crippen molar-refractivity contribution in [1.82, 2.24) is 4.98 Å². The molecule has 2 aromatic carbocycles. The van der Waals surface area contributed by atoms with Gasteiger partial charge in [0.05, 0.1) is 5.52 Å². The Morgan fingerprint density at radius 1 is 1.00 bits per heavy atom. The number of ketones is 1. The highest BCUT2D eigenvalue weighted by Crippen LogP contribution is 2.23. The number of nitrogens with zero attached hydrogens (tertiary/aromatic N) is 1. The van der Waals surface area contributed by atoms with Gasteiger partial charge in [0.25, 0.3) is 0 Å². The lowest BCUT2D eigenvalue weighted by Gasteiger charge is -2.13. The molecule has 1 aliphatic rings. The maximum atomic E-state index is 12.6. The molecule has 130 valence electrons. The third-order valence-electron chi connectivity index (χ3n) is 4.84. The van der Waals surface area contributed by atoms with E-state index in [1.807, 2.05) is 48.5 Å². The van der Waals surface area contributed by atoms with Crippen molar-refractivity contribution in [2.24, 2.45) is 0 Å².